The van der Waals surface area contributed by atoms with Gasteiger partial charge in [-0.05, 0) is 36.6 Å². The minimum Gasteiger partial charge on any atom is -0.207 e. The van der Waals surface area contributed by atoms with Crippen LogP contribution < -0.4 is 0 Å². The summed E-state index contributed by atoms with van der Waals surface area (Å²) in [6.07, 6.45) is 0.770. The van der Waals surface area contributed by atoms with Crippen molar-refractivity contribution in [3.63, 3.8) is 0 Å². The normalized spacial score (nSPS) is 28.6. The molecule has 0 radical (unpaired) electrons. The quantitative estimate of drug-likeness (QED) is 0.714. The lowest BCUT2D eigenvalue weighted by Crippen LogP contribution is -2.06. The van der Waals surface area contributed by atoms with Gasteiger partial charge in [-0.2, -0.15) is 5.26 Å². The van der Waals surface area contributed by atoms with Crippen molar-refractivity contribution in [1.29, 1.82) is 5.26 Å². The first kappa shape index (κ1) is 10.4. The standard InChI is InChI=1S/C12H11ClFN/c1-7-3-10(13)9(4-11(7)14)12(2)5-8(12)6-15/h3-4,8H,5H2,1-2H3. The van der Waals surface area contributed by atoms with Crippen LogP contribution in [0.3, 0.4) is 0 Å². The van der Waals surface area contributed by atoms with Crippen LogP contribution in [0.2, 0.25) is 5.02 Å². The summed E-state index contributed by atoms with van der Waals surface area (Å²) < 4.78 is 13.4. The van der Waals surface area contributed by atoms with Crippen LogP contribution in [0.15, 0.2) is 12.1 Å². The third kappa shape index (κ3) is 1.52. The van der Waals surface area contributed by atoms with Gasteiger partial charge in [-0.3, -0.25) is 0 Å². The SMILES string of the molecule is Cc1cc(Cl)c(C2(C)CC2C#N)cc1F. The van der Waals surface area contributed by atoms with Crippen molar-refractivity contribution in [3.05, 3.63) is 34.1 Å². The molecule has 1 aromatic carbocycles. The van der Waals surface area contributed by atoms with E-state index in [-0.39, 0.29) is 17.2 Å². The molecule has 1 fully saturated rings. The molecule has 0 aliphatic heterocycles. The summed E-state index contributed by atoms with van der Waals surface area (Å²) in [7, 11) is 0. The molecule has 2 rings (SSSR count). The van der Waals surface area contributed by atoms with E-state index in [1.165, 1.54) is 6.07 Å². The van der Waals surface area contributed by atoms with Crippen molar-refractivity contribution in [1.82, 2.24) is 0 Å². The molecule has 2 atom stereocenters. The van der Waals surface area contributed by atoms with Crippen molar-refractivity contribution in [2.75, 3.05) is 0 Å². The Balaban J connectivity index is 2.48. The van der Waals surface area contributed by atoms with Crippen molar-refractivity contribution in [2.45, 2.75) is 25.7 Å². The van der Waals surface area contributed by atoms with Crippen LogP contribution in [-0.4, -0.2) is 0 Å². The van der Waals surface area contributed by atoms with Gasteiger partial charge in [0.25, 0.3) is 0 Å². The molecule has 0 aromatic heterocycles. The highest BCUT2D eigenvalue weighted by molar-refractivity contribution is 6.31. The van der Waals surface area contributed by atoms with Gasteiger partial charge in [0.1, 0.15) is 5.82 Å². The predicted molar refractivity (Wildman–Crippen MR) is 57.2 cm³/mol. The summed E-state index contributed by atoms with van der Waals surface area (Å²) >= 11 is 6.07. The highest BCUT2D eigenvalue weighted by Gasteiger charge is 2.52. The number of nitriles is 1. The van der Waals surface area contributed by atoms with Gasteiger partial charge in [0, 0.05) is 10.4 Å². The molecule has 1 aromatic rings. The third-order valence-corrected chi connectivity index (χ3v) is 3.57. The Morgan fingerprint density at radius 2 is 2.27 bits per heavy atom. The largest absolute Gasteiger partial charge is 0.207 e. The Morgan fingerprint density at radius 3 is 2.80 bits per heavy atom. The minimum atomic E-state index is -0.251. The van der Waals surface area contributed by atoms with Gasteiger partial charge in [0.2, 0.25) is 0 Å². The number of rotatable bonds is 1. The topological polar surface area (TPSA) is 23.8 Å². The van der Waals surface area contributed by atoms with Crippen LogP contribution in [0, 0.1) is 30.0 Å². The van der Waals surface area contributed by atoms with Crippen molar-refractivity contribution >= 4 is 11.6 Å². The molecule has 1 aliphatic carbocycles. The molecule has 3 heteroatoms. The zero-order valence-electron chi connectivity index (χ0n) is 8.64. The number of benzene rings is 1. The highest BCUT2D eigenvalue weighted by Crippen LogP contribution is 2.55. The van der Waals surface area contributed by atoms with E-state index in [1.54, 1.807) is 13.0 Å². The summed E-state index contributed by atoms with van der Waals surface area (Å²) in [5.41, 5.74) is 1.06. The molecule has 78 valence electrons. The second kappa shape index (κ2) is 3.21. The van der Waals surface area contributed by atoms with Gasteiger partial charge >= 0.3 is 0 Å². The zero-order valence-corrected chi connectivity index (χ0v) is 9.40. The number of hydrogen-bond acceptors (Lipinski definition) is 1. The zero-order chi connectivity index (χ0) is 11.2. The van der Waals surface area contributed by atoms with Crippen LogP contribution in [-0.2, 0) is 5.41 Å². The molecule has 1 saturated carbocycles. The number of halogens is 2. The average Bonchev–Trinajstić information content (AvgIpc) is 2.84. The lowest BCUT2D eigenvalue weighted by Gasteiger charge is -2.13. The number of hydrogen-bond donors (Lipinski definition) is 0. The van der Waals surface area contributed by atoms with Gasteiger partial charge in [-0.15, -0.1) is 0 Å². The van der Waals surface area contributed by atoms with E-state index < -0.39 is 0 Å². The van der Waals surface area contributed by atoms with Gasteiger partial charge in [0.05, 0.1) is 12.0 Å². The molecule has 2 unspecified atom stereocenters. The highest BCUT2D eigenvalue weighted by atomic mass is 35.5. The van der Waals surface area contributed by atoms with E-state index >= 15 is 0 Å². The van der Waals surface area contributed by atoms with E-state index in [0.717, 1.165) is 12.0 Å². The maximum Gasteiger partial charge on any atom is 0.126 e. The van der Waals surface area contributed by atoms with E-state index in [4.69, 9.17) is 16.9 Å². The summed E-state index contributed by atoms with van der Waals surface area (Å²) in [4.78, 5) is 0. The molecular weight excluding hydrogens is 213 g/mol. The number of nitrogens with zero attached hydrogens (tertiary/aromatic N) is 1. The molecule has 0 amide bonds. The molecule has 0 N–H and O–H groups in total. The fraction of sp³-hybridized carbons (Fsp3) is 0.417. The fourth-order valence-corrected chi connectivity index (χ4v) is 2.37. The van der Waals surface area contributed by atoms with Gasteiger partial charge in [-0.1, -0.05) is 18.5 Å². The van der Waals surface area contributed by atoms with Crippen molar-refractivity contribution in [2.24, 2.45) is 5.92 Å². The van der Waals surface area contributed by atoms with Crippen LogP contribution in [0.25, 0.3) is 0 Å². The minimum absolute atomic E-state index is 0.0305. The Morgan fingerprint density at radius 1 is 1.60 bits per heavy atom. The Labute approximate surface area is 93.5 Å². The Hall–Kier alpha value is -1.07. The maximum absolute atomic E-state index is 13.4. The molecule has 15 heavy (non-hydrogen) atoms. The van der Waals surface area contributed by atoms with E-state index in [2.05, 4.69) is 6.07 Å². The third-order valence-electron chi connectivity index (χ3n) is 3.26. The van der Waals surface area contributed by atoms with Crippen molar-refractivity contribution < 1.29 is 4.39 Å². The van der Waals surface area contributed by atoms with Crippen LogP contribution in [0.4, 0.5) is 4.39 Å². The predicted octanol–water partition coefficient (Wildman–Crippen LogP) is 3.59. The monoisotopic (exact) mass is 223 g/mol. The first-order valence-electron chi connectivity index (χ1n) is 4.85. The summed E-state index contributed by atoms with van der Waals surface area (Å²) in [5.74, 6) is -0.281. The Bertz CT molecular complexity index is 463. The average molecular weight is 224 g/mol. The smallest absolute Gasteiger partial charge is 0.126 e. The van der Waals surface area contributed by atoms with E-state index in [9.17, 15) is 4.39 Å². The molecule has 1 nitrogen and oxygen atoms in total. The van der Waals surface area contributed by atoms with E-state index in [1.807, 2.05) is 6.92 Å². The van der Waals surface area contributed by atoms with Crippen LogP contribution in [0.5, 0.6) is 0 Å². The van der Waals surface area contributed by atoms with Gasteiger partial charge in [0.15, 0.2) is 0 Å². The maximum atomic E-state index is 13.4. The van der Waals surface area contributed by atoms with Crippen LogP contribution >= 0.6 is 11.6 Å². The molecule has 0 heterocycles. The van der Waals surface area contributed by atoms with E-state index in [0.29, 0.717) is 10.6 Å². The summed E-state index contributed by atoms with van der Waals surface area (Å²) in [5, 5.41) is 9.39. The lowest BCUT2D eigenvalue weighted by molar-refractivity contribution is 0.610. The Kier molecular flexibility index (Phi) is 2.24. The molecule has 0 spiro atoms. The summed E-state index contributed by atoms with van der Waals surface area (Å²) in [6.45, 7) is 3.64. The molecule has 0 saturated heterocycles. The first-order valence-corrected chi connectivity index (χ1v) is 5.22. The molecular formula is C12H11ClFN. The molecule has 0 bridgehead atoms. The second-order valence-corrected chi connectivity index (χ2v) is 4.79. The van der Waals surface area contributed by atoms with Crippen LogP contribution in [0.1, 0.15) is 24.5 Å². The molecule has 1 aliphatic rings. The van der Waals surface area contributed by atoms with Gasteiger partial charge < -0.3 is 0 Å². The lowest BCUT2D eigenvalue weighted by atomic mass is 9.94. The second-order valence-electron chi connectivity index (χ2n) is 4.38. The first-order chi connectivity index (χ1) is 6.99. The summed E-state index contributed by atoms with van der Waals surface area (Å²) in [6, 6.07) is 5.30. The van der Waals surface area contributed by atoms with Crippen molar-refractivity contribution in [3.8, 4) is 6.07 Å². The van der Waals surface area contributed by atoms with Gasteiger partial charge in [-0.25, -0.2) is 4.39 Å². The number of aryl methyl sites for hydroxylation is 1. The fourth-order valence-electron chi connectivity index (χ4n) is 1.93.